The van der Waals surface area contributed by atoms with Gasteiger partial charge in [0.15, 0.2) is 0 Å². The minimum absolute atomic E-state index is 0. The van der Waals surface area contributed by atoms with Gasteiger partial charge in [0.2, 0.25) is 0 Å². The summed E-state index contributed by atoms with van der Waals surface area (Å²) in [6.45, 7) is 0. The first-order chi connectivity index (χ1) is 0. The van der Waals surface area contributed by atoms with Crippen LogP contribution in [0.4, 0.5) is 0 Å². The van der Waals surface area contributed by atoms with E-state index in [9.17, 15) is 0 Å². The van der Waals surface area contributed by atoms with Crippen LogP contribution >= 0.6 is 0 Å². The molecule has 0 saturated carbocycles. The van der Waals surface area contributed by atoms with Gasteiger partial charge in [-0.15, -0.1) is 0 Å². The molecule has 2 N–H and O–H groups in total. The molecule has 2 heteroatoms. The molecular formula is C2H8FeO. The van der Waals surface area contributed by atoms with Crippen molar-refractivity contribution in [3.63, 3.8) is 0 Å². The van der Waals surface area contributed by atoms with Crippen molar-refractivity contribution in [2.24, 2.45) is 0 Å². The Kier molecular flexibility index (Phi) is 5490. The SMILES string of the molecule is O.[CH3-].[CH3-].[Fe+2]. The van der Waals surface area contributed by atoms with Crippen LogP contribution in [0.3, 0.4) is 0 Å². The van der Waals surface area contributed by atoms with E-state index in [1.807, 2.05) is 0 Å². The standard InChI is InChI=1S/2CH3.Fe.H2O/h2*1H3;;1H2/q2*-1;+2;. The first-order valence-electron chi connectivity index (χ1n) is 0. The molecule has 0 unspecified atom stereocenters. The van der Waals surface area contributed by atoms with Crippen LogP contribution in [0.25, 0.3) is 0 Å². The van der Waals surface area contributed by atoms with Crippen molar-refractivity contribution in [2.45, 2.75) is 0 Å². The zero-order chi connectivity index (χ0) is 0. The Morgan fingerprint density at radius 2 is 0.750 bits per heavy atom. The van der Waals surface area contributed by atoms with E-state index in [2.05, 4.69) is 0 Å². The van der Waals surface area contributed by atoms with E-state index in [1.54, 1.807) is 0 Å². The van der Waals surface area contributed by atoms with Crippen molar-refractivity contribution in [3.05, 3.63) is 14.9 Å². The topological polar surface area (TPSA) is 31.5 Å². The summed E-state index contributed by atoms with van der Waals surface area (Å²) in [4.78, 5) is 0. The van der Waals surface area contributed by atoms with E-state index in [0.717, 1.165) is 0 Å². The zero-order valence-corrected chi connectivity index (χ0v) is 3.96. The summed E-state index contributed by atoms with van der Waals surface area (Å²) in [5.41, 5.74) is 0. The maximum atomic E-state index is 0. The smallest absolute Gasteiger partial charge is 0.412 e. The number of hydrogen-bond acceptors (Lipinski definition) is 0. The average Bonchev–Trinajstić information content (AvgIpc) is 0. The monoisotopic (exact) mass is 104 g/mol. The van der Waals surface area contributed by atoms with Gasteiger partial charge in [-0.1, -0.05) is 0 Å². The van der Waals surface area contributed by atoms with Gasteiger partial charge in [-0.2, -0.15) is 0 Å². The fraction of sp³-hybridized carbons (Fsp3) is 0. The Balaban J connectivity index is 0. The molecule has 0 aromatic carbocycles. The van der Waals surface area contributed by atoms with Gasteiger partial charge >= 0.3 is 17.1 Å². The molecule has 0 aromatic heterocycles. The molecule has 0 saturated heterocycles. The maximum Gasteiger partial charge on any atom is 2.00 e. The first kappa shape index (κ1) is 236. The van der Waals surface area contributed by atoms with E-state index in [1.165, 1.54) is 0 Å². The number of hydrogen-bond donors (Lipinski definition) is 0. The molecule has 0 radical (unpaired) electrons. The molecule has 0 aliphatic heterocycles. The van der Waals surface area contributed by atoms with Gasteiger partial charge in [-0.05, 0) is 0 Å². The molecule has 0 atom stereocenters. The van der Waals surface area contributed by atoms with Crippen LogP contribution in [0.15, 0.2) is 0 Å². The van der Waals surface area contributed by atoms with Crippen LogP contribution in [-0.2, 0) is 17.1 Å². The first-order valence-corrected chi connectivity index (χ1v) is 0. The van der Waals surface area contributed by atoms with Crippen molar-refractivity contribution in [1.29, 1.82) is 0 Å². The van der Waals surface area contributed by atoms with Gasteiger partial charge in [0.05, 0.1) is 0 Å². The predicted octanol–water partition coefficient (Wildman–Crippen LogP) is 0.0734. The Morgan fingerprint density at radius 1 is 0.750 bits per heavy atom. The molecule has 0 aliphatic carbocycles. The van der Waals surface area contributed by atoms with Crippen molar-refractivity contribution in [1.82, 2.24) is 0 Å². The van der Waals surface area contributed by atoms with Gasteiger partial charge in [0.25, 0.3) is 0 Å². The van der Waals surface area contributed by atoms with E-state index in [-0.39, 0.29) is 37.4 Å². The fourth-order valence-corrected chi connectivity index (χ4v) is 0. The molecule has 4 heavy (non-hydrogen) atoms. The zero-order valence-electron chi connectivity index (χ0n) is 2.85. The van der Waals surface area contributed by atoms with E-state index in [0.29, 0.717) is 0 Å². The third-order valence-corrected chi connectivity index (χ3v) is 0. The minimum Gasteiger partial charge on any atom is -0.412 e. The molecular weight excluding hydrogens is 95.9 g/mol. The summed E-state index contributed by atoms with van der Waals surface area (Å²) in [6.07, 6.45) is 0. The molecule has 0 aromatic rings. The molecule has 1 nitrogen and oxygen atoms in total. The predicted molar refractivity (Wildman–Crippen MR) is 16.4 cm³/mol. The summed E-state index contributed by atoms with van der Waals surface area (Å²) >= 11 is 0. The third kappa shape index (κ3) is 23.6. The summed E-state index contributed by atoms with van der Waals surface area (Å²) in [5.74, 6) is 0. The normalized spacial score (nSPS) is 0. The van der Waals surface area contributed by atoms with Gasteiger partial charge < -0.3 is 20.3 Å². The van der Waals surface area contributed by atoms with Crippen LogP contribution in [0, 0.1) is 14.9 Å². The summed E-state index contributed by atoms with van der Waals surface area (Å²) < 4.78 is 0. The van der Waals surface area contributed by atoms with Crippen LogP contribution < -0.4 is 0 Å². The second kappa shape index (κ2) is 93.0. The Bertz CT molecular complexity index is 6.00. The molecule has 0 bridgehead atoms. The Labute approximate surface area is 38.2 Å². The molecule has 0 aliphatic rings. The van der Waals surface area contributed by atoms with Crippen molar-refractivity contribution in [2.75, 3.05) is 0 Å². The van der Waals surface area contributed by atoms with Crippen LogP contribution in [0.2, 0.25) is 0 Å². The van der Waals surface area contributed by atoms with Gasteiger partial charge in [0.1, 0.15) is 0 Å². The van der Waals surface area contributed by atoms with Gasteiger partial charge in [0, 0.05) is 0 Å². The quantitative estimate of drug-likeness (QED) is 0.307. The van der Waals surface area contributed by atoms with Crippen molar-refractivity contribution < 1.29 is 22.5 Å². The molecule has 0 amide bonds. The molecule has 0 fully saturated rings. The molecule has 0 heterocycles. The molecule has 0 rings (SSSR count). The van der Waals surface area contributed by atoms with Gasteiger partial charge in [-0.25, -0.2) is 0 Å². The minimum atomic E-state index is 0. The fourth-order valence-electron chi connectivity index (χ4n) is 0. The molecule has 30 valence electrons. The summed E-state index contributed by atoms with van der Waals surface area (Å²) in [6, 6.07) is 0. The van der Waals surface area contributed by atoms with Gasteiger partial charge in [-0.3, -0.25) is 0 Å². The van der Waals surface area contributed by atoms with E-state index < -0.39 is 0 Å². The second-order valence-electron chi connectivity index (χ2n) is 0. The third-order valence-electron chi connectivity index (χ3n) is 0. The summed E-state index contributed by atoms with van der Waals surface area (Å²) in [5, 5.41) is 0. The maximum absolute atomic E-state index is 0. The van der Waals surface area contributed by atoms with Crippen LogP contribution in [0.5, 0.6) is 0 Å². The Hall–Kier alpha value is 0.479. The Morgan fingerprint density at radius 3 is 0.750 bits per heavy atom. The van der Waals surface area contributed by atoms with E-state index >= 15 is 0 Å². The van der Waals surface area contributed by atoms with Crippen LogP contribution in [-0.4, -0.2) is 5.48 Å². The van der Waals surface area contributed by atoms with Crippen molar-refractivity contribution >= 4 is 0 Å². The molecule has 0 spiro atoms. The second-order valence-corrected chi connectivity index (χ2v) is 0. The van der Waals surface area contributed by atoms with Crippen LogP contribution in [0.1, 0.15) is 0 Å². The summed E-state index contributed by atoms with van der Waals surface area (Å²) in [7, 11) is 0. The van der Waals surface area contributed by atoms with Crippen molar-refractivity contribution in [3.8, 4) is 0 Å². The van der Waals surface area contributed by atoms with E-state index in [4.69, 9.17) is 0 Å². The largest absolute Gasteiger partial charge is 2.00 e. The number of rotatable bonds is 0. The average molecular weight is 104 g/mol.